The number of amides is 1. The molecule has 0 radical (unpaired) electrons. The first-order chi connectivity index (χ1) is 9.90. The van der Waals surface area contributed by atoms with Gasteiger partial charge in [-0.15, -0.1) is 0 Å². The van der Waals surface area contributed by atoms with Gasteiger partial charge in [-0.25, -0.2) is 4.39 Å². The Hall–Kier alpha value is -2.18. The zero-order chi connectivity index (χ0) is 15.6. The molecule has 108 valence electrons. The molecule has 0 heterocycles. The third-order valence-corrected chi connectivity index (χ3v) is 3.29. The Kier molecular flexibility index (Phi) is 4.40. The highest BCUT2D eigenvalue weighted by atomic mass is 35.5. The van der Waals surface area contributed by atoms with Crippen LogP contribution in [0.5, 0.6) is 0 Å². The second-order valence-corrected chi connectivity index (χ2v) is 4.76. The number of hydrogen-bond acceptors (Lipinski definition) is 3. The van der Waals surface area contributed by atoms with E-state index in [-0.39, 0.29) is 15.6 Å². The first-order valence-corrected chi connectivity index (χ1v) is 6.35. The smallest absolute Gasteiger partial charge is 0.288 e. The van der Waals surface area contributed by atoms with Crippen LogP contribution < -0.4 is 5.32 Å². The predicted octanol–water partition coefficient (Wildman–Crippen LogP) is 4.29. The lowest BCUT2D eigenvalue weighted by Gasteiger charge is -2.08. The molecule has 0 fully saturated rings. The predicted molar refractivity (Wildman–Crippen MR) is 77.5 cm³/mol. The Balaban J connectivity index is 2.37. The normalized spacial score (nSPS) is 10.2. The van der Waals surface area contributed by atoms with Crippen molar-refractivity contribution in [2.45, 2.75) is 0 Å². The average molecular weight is 329 g/mol. The van der Waals surface area contributed by atoms with Crippen LogP contribution in [0.2, 0.25) is 10.0 Å². The lowest BCUT2D eigenvalue weighted by Crippen LogP contribution is -2.13. The largest absolute Gasteiger partial charge is 0.322 e. The quantitative estimate of drug-likeness (QED) is 0.674. The molecular weight excluding hydrogens is 322 g/mol. The van der Waals surface area contributed by atoms with E-state index in [1.54, 1.807) is 0 Å². The maximum Gasteiger partial charge on any atom is 0.288 e. The molecule has 21 heavy (non-hydrogen) atoms. The van der Waals surface area contributed by atoms with Crippen LogP contribution in [0.4, 0.5) is 15.8 Å². The third-order valence-electron chi connectivity index (χ3n) is 2.60. The lowest BCUT2D eigenvalue weighted by molar-refractivity contribution is -0.384. The molecule has 0 aliphatic carbocycles. The molecule has 0 saturated carbocycles. The Morgan fingerprint density at radius 1 is 1.14 bits per heavy atom. The molecule has 1 N–H and O–H groups in total. The Labute approximate surface area is 128 Å². The fourth-order valence-electron chi connectivity index (χ4n) is 1.62. The maximum atomic E-state index is 12.8. The van der Waals surface area contributed by atoms with Gasteiger partial charge in [-0.2, -0.15) is 0 Å². The maximum absolute atomic E-state index is 12.8. The van der Waals surface area contributed by atoms with Crippen LogP contribution in [-0.2, 0) is 0 Å². The first kappa shape index (κ1) is 15.2. The van der Waals surface area contributed by atoms with E-state index in [1.807, 2.05) is 0 Å². The van der Waals surface area contributed by atoms with Crippen LogP contribution in [0.1, 0.15) is 10.4 Å². The van der Waals surface area contributed by atoms with Crippen LogP contribution >= 0.6 is 23.2 Å². The van der Waals surface area contributed by atoms with Crippen molar-refractivity contribution in [1.82, 2.24) is 0 Å². The molecule has 5 nitrogen and oxygen atoms in total. The number of nitrogens with zero attached hydrogens (tertiary/aromatic N) is 1. The minimum Gasteiger partial charge on any atom is -0.322 e. The van der Waals surface area contributed by atoms with Gasteiger partial charge in [0.1, 0.15) is 10.8 Å². The fraction of sp³-hybridized carbons (Fsp3) is 0. The summed E-state index contributed by atoms with van der Waals surface area (Å²) in [4.78, 5) is 22.2. The van der Waals surface area contributed by atoms with Crippen molar-refractivity contribution in [1.29, 1.82) is 0 Å². The van der Waals surface area contributed by atoms with E-state index in [0.717, 1.165) is 18.2 Å². The summed E-state index contributed by atoms with van der Waals surface area (Å²) >= 11 is 11.7. The highest BCUT2D eigenvalue weighted by Gasteiger charge is 2.23. The van der Waals surface area contributed by atoms with Gasteiger partial charge in [0.25, 0.3) is 11.6 Å². The third kappa shape index (κ3) is 3.29. The van der Waals surface area contributed by atoms with Crippen LogP contribution in [0, 0.1) is 15.9 Å². The summed E-state index contributed by atoms with van der Waals surface area (Å²) in [7, 11) is 0. The van der Waals surface area contributed by atoms with Gasteiger partial charge in [0.05, 0.1) is 15.5 Å². The van der Waals surface area contributed by atoms with Gasteiger partial charge in [0.2, 0.25) is 0 Å². The Morgan fingerprint density at radius 3 is 2.33 bits per heavy atom. The van der Waals surface area contributed by atoms with E-state index < -0.39 is 22.3 Å². The first-order valence-electron chi connectivity index (χ1n) is 5.59. The van der Waals surface area contributed by atoms with Gasteiger partial charge in [-0.05, 0) is 30.3 Å². The van der Waals surface area contributed by atoms with Gasteiger partial charge in [0.15, 0.2) is 0 Å². The summed E-state index contributed by atoms with van der Waals surface area (Å²) in [6.07, 6.45) is 0. The summed E-state index contributed by atoms with van der Waals surface area (Å²) in [5.41, 5.74) is -0.331. The van der Waals surface area contributed by atoms with Crippen molar-refractivity contribution in [2.24, 2.45) is 0 Å². The number of hydrogen-bond donors (Lipinski definition) is 1. The van der Waals surface area contributed by atoms with Crippen molar-refractivity contribution in [3.8, 4) is 0 Å². The SMILES string of the molecule is O=C(Nc1ccc(F)cc1)c1c(Cl)ccc([N+](=O)[O-])c1Cl. The van der Waals surface area contributed by atoms with Crippen LogP contribution in [-0.4, -0.2) is 10.8 Å². The van der Waals surface area contributed by atoms with Crippen molar-refractivity contribution in [2.75, 3.05) is 5.32 Å². The van der Waals surface area contributed by atoms with Crippen molar-refractivity contribution >= 4 is 40.5 Å². The monoisotopic (exact) mass is 328 g/mol. The number of carbonyl (C=O) groups excluding carboxylic acids is 1. The molecule has 0 aliphatic rings. The van der Waals surface area contributed by atoms with Crippen molar-refractivity contribution in [3.63, 3.8) is 0 Å². The average Bonchev–Trinajstić information content (AvgIpc) is 2.41. The Bertz CT molecular complexity index is 720. The van der Waals surface area contributed by atoms with Crippen LogP contribution in [0.3, 0.4) is 0 Å². The summed E-state index contributed by atoms with van der Waals surface area (Å²) < 4.78 is 12.8. The molecule has 1 amide bonds. The molecule has 0 spiro atoms. The zero-order valence-electron chi connectivity index (χ0n) is 10.3. The molecule has 8 heteroatoms. The van der Waals surface area contributed by atoms with Gasteiger partial charge in [-0.3, -0.25) is 14.9 Å². The summed E-state index contributed by atoms with van der Waals surface area (Å²) in [5, 5.41) is 12.9. The molecule has 0 bridgehead atoms. The van der Waals surface area contributed by atoms with Crippen LogP contribution in [0.25, 0.3) is 0 Å². The van der Waals surface area contributed by atoms with Gasteiger partial charge >= 0.3 is 0 Å². The zero-order valence-corrected chi connectivity index (χ0v) is 11.8. The molecule has 2 aromatic carbocycles. The molecule has 2 aromatic rings. The summed E-state index contributed by atoms with van der Waals surface area (Å²) in [5.74, 6) is -1.18. The van der Waals surface area contributed by atoms with Gasteiger partial charge in [-0.1, -0.05) is 23.2 Å². The second kappa shape index (κ2) is 6.07. The molecule has 0 atom stereocenters. The molecule has 0 aliphatic heterocycles. The minimum absolute atomic E-state index is 0.0230. The number of nitro groups is 1. The number of halogens is 3. The number of anilines is 1. The highest BCUT2D eigenvalue weighted by molar-refractivity contribution is 6.41. The van der Waals surface area contributed by atoms with E-state index in [1.165, 1.54) is 18.2 Å². The number of benzene rings is 2. The fourth-order valence-corrected chi connectivity index (χ4v) is 2.23. The molecule has 2 rings (SSSR count). The van der Waals surface area contributed by atoms with E-state index in [0.29, 0.717) is 5.69 Å². The molecule has 0 saturated heterocycles. The Morgan fingerprint density at radius 2 is 1.76 bits per heavy atom. The van der Waals surface area contributed by atoms with E-state index in [4.69, 9.17) is 23.2 Å². The standard InChI is InChI=1S/C13H7Cl2FN2O3/c14-9-5-6-10(18(20)21)12(15)11(9)13(19)17-8-3-1-7(16)2-4-8/h1-6H,(H,17,19). The second-order valence-electron chi connectivity index (χ2n) is 3.97. The number of nitrogens with one attached hydrogen (secondary N) is 1. The van der Waals surface area contributed by atoms with Crippen LogP contribution in [0.15, 0.2) is 36.4 Å². The number of rotatable bonds is 3. The summed E-state index contributed by atoms with van der Waals surface area (Å²) in [6.45, 7) is 0. The van der Waals surface area contributed by atoms with Gasteiger partial charge < -0.3 is 5.32 Å². The summed E-state index contributed by atoms with van der Waals surface area (Å²) in [6, 6.07) is 7.32. The van der Waals surface area contributed by atoms with Gasteiger partial charge in [0, 0.05) is 11.8 Å². The number of nitro benzene ring substituents is 1. The lowest BCUT2D eigenvalue weighted by atomic mass is 10.1. The van der Waals surface area contributed by atoms with Crippen molar-refractivity contribution < 1.29 is 14.1 Å². The topological polar surface area (TPSA) is 72.2 Å². The van der Waals surface area contributed by atoms with E-state index in [9.17, 15) is 19.3 Å². The van der Waals surface area contributed by atoms with Crippen molar-refractivity contribution in [3.05, 3.63) is 67.9 Å². The molecule has 0 aromatic heterocycles. The highest BCUT2D eigenvalue weighted by Crippen LogP contribution is 2.33. The van der Waals surface area contributed by atoms with E-state index in [2.05, 4.69) is 5.32 Å². The molecule has 0 unspecified atom stereocenters. The minimum atomic E-state index is -0.722. The molecular formula is C13H7Cl2FN2O3. The number of carbonyl (C=O) groups is 1. The van der Waals surface area contributed by atoms with E-state index >= 15 is 0 Å².